The van der Waals surface area contributed by atoms with Crippen LogP contribution in [0.25, 0.3) is 0 Å². The van der Waals surface area contributed by atoms with Gasteiger partial charge in [0.15, 0.2) is 0 Å². The van der Waals surface area contributed by atoms with Crippen molar-refractivity contribution in [3.63, 3.8) is 0 Å². The Kier molecular flexibility index (Phi) is 7.49. The van der Waals surface area contributed by atoms with Crippen LogP contribution in [0.2, 0.25) is 5.02 Å². The summed E-state index contributed by atoms with van der Waals surface area (Å²) in [4.78, 5) is 24.1. The molecule has 8 heteroatoms. The highest BCUT2D eigenvalue weighted by molar-refractivity contribution is 6.31. The fraction of sp³-hybridized carbons (Fsp3) is 0.529. The van der Waals surface area contributed by atoms with E-state index in [0.29, 0.717) is 29.7 Å². The first-order valence-electron chi connectivity index (χ1n) is 8.25. The Morgan fingerprint density at radius 3 is 2.80 bits per heavy atom. The molecule has 1 saturated heterocycles. The van der Waals surface area contributed by atoms with Gasteiger partial charge in [0.2, 0.25) is 11.8 Å². The van der Waals surface area contributed by atoms with E-state index in [4.69, 9.17) is 26.8 Å². The Balaban J connectivity index is 1.76. The highest BCUT2D eigenvalue weighted by Crippen LogP contribution is 2.27. The summed E-state index contributed by atoms with van der Waals surface area (Å²) < 4.78 is 10.4. The molecule has 2 rings (SSSR count). The van der Waals surface area contributed by atoms with Crippen molar-refractivity contribution in [2.45, 2.75) is 25.3 Å². The van der Waals surface area contributed by atoms with Crippen LogP contribution in [-0.2, 0) is 14.3 Å². The number of ether oxygens (including phenoxy) is 2. The number of methoxy groups -OCH3 is 1. The van der Waals surface area contributed by atoms with Gasteiger partial charge in [-0.3, -0.25) is 9.59 Å². The molecule has 138 valence electrons. The van der Waals surface area contributed by atoms with Crippen LogP contribution < -0.4 is 21.1 Å². The molecule has 1 unspecified atom stereocenters. The van der Waals surface area contributed by atoms with Gasteiger partial charge >= 0.3 is 0 Å². The summed E-state index contributed by atoms with van der Waals surface area (Å²) >= 11 is 5.93. The standard InChI is InChI=1S/C17H24ClN3O4/c1-24-14-3-2-12(18)10-13(14)21-15(22)4-7-20-17(23)16(19)11-5-8-25-9-6-11/h2-3,10-11,16H,4-9,19H2,1H3,(H,20,23)(H,21,22). The Morgan fingerprint density at radius 2 is 2.12 bits per heavy atom. The molecule has 0 spiro atoms. The molecule has 2 amide bonds. The monoisotopic (exact) mass is 369 g/mol. The van der Waals surface area contributed by atoms with E-state index in [1.165, 1.54) is 7.11 Å². The third-order valence-electron chi connectivity index (χ3n) is 4.16. The van der Waals surface area contributed by atoms with Crippen molar-refractivity contribution < 1.29 is 19.1 Å². The minimum atomic E-state index is -0.569. The molecule has 1 heterocycles. The number of amides is 2. The molecule has 0 radical (unpaired) electrons. The van der Waals surface area contributed by atoms with Gasteiger partial charge in [-0.1, -0.05) is 11.6 Å². The number of nitrogens with one attached hydrogen (secondary N) is 2. The number of halogens is 1. The molecule has 0 aromatic heterocycles. The number of rotatable bonds is 7. The number of anilines is 1. The lowest BCUT2D eigenvalue weighted by Crippen LogP contribution is -2.47. The van der Waals surface area contributed by atoms with Gasteiger partial charge in [-0.15, -0.1) is 0 Å². The summed E-state index contributed by atoms with van der Waals surface area (Å²) in [5, 5.41) is 5.93. The molecule has 4 N–H and O–H groups in total. The van der Waals surface area contributed by atoms with Gasteiger partial charge in [-0.2, -0.15) is 0 Å². The lowest BCUT2D eigenvalue weighted by atomic mass is 9.92. The Labute approximate surface area is 152 Å². The van der Waals surface area contributed by atoms with Crippen molar-refractivity contribution in [2.75, 3.05) is 32.2 Å². The number of nitrogens with two attached hydrogens (primary N) is 1. The molecule has 1 aromatic rings. The number of carbonyl (C=O) groups excluding carboxylic acids is 2. The average Bonchev–Trinajstić information content (AvgIpc) is 2.62. The van der Waals surface area contributed by atoms with Gasteiger partial charge < -0.3 is 25.8 Å². The largest absolute Gasteiger partial charge is 0.495 e. The van der Waals surface area contributed by atoms with Crippen molar-refractivity contribution in [1.82, 2.24) is 5.32 Å². The minimum Gasteiger partial charge on any atom is -0.495 e. The van der Waals surface area contributed by atoms with Gasteiger partial charge in [0.1, 0.15) is 5.75 Å². The summed E-state index contributed by atoms with van der Waals surface area (Å²) in [6, 6.07) is 4.39. The molecular weight excluding hydrogens is 346 g/mol. The molecule has 25 heavy (non-hydrogen) atoms. The predicted octanol–water partition coefficient (Wildman–Crippen LogP) is 1.55. The topological polar surface area (TPSA) is 103 Å². The fourth-order valence-electron chi connectivity index (χ4n) is 2.70. The molecular formula is C17H24ClN3O4. The van der Waals surface area contributed by atoms with E-state index < -0.39 is 6.04 Å². The minimum absolute atomic E-state index is 0.123. The summed E-state index contributed by atoms with van der Waals surface area (Å²) in [7, 11) is 1.51. The number of benzene rings is 1. The van der Waals surface area contributed by atoms with Gasteiger partial charge in [-0.25, -0.2) is 0 Å². The maximum atomic E-state index is 12.1. The second-order valence-electron chi connectivity index (χ2n) is 5.91. The number of carbonyl (C=O) groups is 2. The van der Waals surface area contributed by atoms with Crippen LogP contribution in [0.4, 0.5) is 5.69 Å². The van der Waals surface area contributed by atoms with Crippen molar-refractivity contribution in [1.29, 1.82) is 0 Å². The van der Waals surface area contributed by atoms with E-state index in [2.05, 4.69) is 10.6 Å². The van der Waals surface area contributed by atoms with Gasteiger partial charge in [0.05, 0.1) is 18.8 Å². The highest BCUT2D eigenvalue weighted by atomic mass is 35.5. The SMILES string of the molecule is COc1ccc(Cl)cc1NC(=O)CCNC(=O)C(N)C1CCOCC1. The van der Waals surface area contributed by atoms with E-state index in [0.717, 1.165) is 12.8 Å². The van der Waals surface area contributed by atoms with Crippen LogP contribution in [0.5, 0.6) is 5.75 Å². The summed E-state index contributed by atoms with van der Waals surface area (Å²) in [5.74, 6) is 0.155. The van der Waals surface area contributed by atoms with E-state index in [9.17, 15) is 9.59 Å². The smallest absolute Gasteiger partial charge is 0.237 e. The van der Waals surface area contributed by atoms with Crippen LogP contribution in [0, 0.1) is 5.92 Å². The van der Waals surface area contributed by atoms with Crippen molar-refractivity contribution >= 4 is 29.1 Å². The molecule has 1 atom stereocenters. The third-order valence-corrected chi connectivity index (χ3v) is 4.40. The van der Waals surface area contributed by atoms with Crippen molar-refractivity contribution in [2.24, 2.45) is 11.7 Å². The van der Waals surface area contributed by atoms with Crippen molar-refractivity contribution in [3.8, 4) is 5.75 Å². The van der Waals surface area contributed by atoms with Gasteiger partial charge in [0, 0.05) is 31.2 Å². The quantitative estimate of drug-likeness (QED) is 0.676. The normalized spacial score (nSPS) is 16.1. The molecule has 1 aliphatic rings. The molecule has 1 fully saturated rings. The number of hydrogen-bond donors (Lipinski definition) is 3. The Morgan fingerprint density at radius 1 is 1.40 bits per heavy atom. The molecule has 1 aromatic carbocycles. The first-order valence-corrected chi connectivity index (χ1v) is 8.63. The lowest BCUT2D eigenvalue weighted by Gasteiger charge is -2.26. The second-order valence-corrected chi connectivity index (χ2v) is 6.35. The molecule has 0 bridgehead atoms. The zero-order valence-electron chi connectivity index (χ0n) is 14.2. The summed E-state index contributed by atoms with van der Waals surface area (Å²) in [6.45, 7) is 1.48. The molecule has 1 aliphatic heterocycles. The maximum Gasteiger partial charge on any atom is 0.237 e. The number of hydrogen-bond acceptors (Lipinski definition) is 5. The fourth-order valence-corrected chi connectivity index (χ4v) is 2.87. The van der Waals surface area contributed by atoms with Gasteiger partial charge in [0.25, 0.3) is 0 Å². The van der Waals surface area contributed by atoms with Crippen LogP contribution >= 0.6 is 11.6 Å². The lowest BCUT2D eigenvalue weighted by molar-refractivity contribution is -0.124. The molecule has 7 nitrogen and oxygen atoms in total. The second kappa shape index (κ2) is 9.60. The first-order chi connectivity index (χ1) is 12.0. The van der Waals surface area contributed by atoms with Crippen LogP contribution in [-0.4, -0.2) is 44.7 Å². The third kappa shape index (κ3) is 5.88. The maximum absolute atomic E-state index is 12.1. The van der Waals surface area contributed by atoms with E-state index in [-0.39, 0.29) is 30.7 Å². The molecule has 0 saturated carbocycles. The molecule has 0 aliphatic carbocycles. The van der Waals surface area contributed by atoms with E-state index >= 15 is 0 Å². The van der Waals surface area contributed by atoms with Crippen molar-refractivity contribution in [3.05, 3.63) is 23.2 Å². The van der Waals surface area contributed by atoms with E-state index in [1.54, 1.807) is 18.2 Å². The van der Waals surface area contributed by atoms with Crippen LogP contribution in [0.3, 0.4) is 0 Å². The van der Waals surface area contributed by atoms with E-state index in [1.807, 2.05) is 0 Å². The summed E-state index contributed by atoms with van der Waals surface area (Å²) in [5.41, 5.74) is 6.48. The average molecular weight is 370 g/mol. The summed E-state index contributed by atoms with van der Waals surface area (Å²) in [6.07, 6.45) is 1.69. The van der Waals surface area contributed by atoms with Crippen LogP contribution in [0.15, 0.2) is 18.2 Å². The predicted molar refractivity (Wildman–Crippen MR) is 95.8 cm³/mol. The van der Waals surface area contributed by atoms with Gasteiger partial charge in [-0.05, 0) is 37.0 Å². The zero-order valence-corrected chi connectivity index (χ0v) is 15.0. The first kappa shape index (κ1) is 19.5. The highest BCUT2D eigenvalue weighted by Gasteiger charge is 2.26. The Hall–Kier alpha value is -1.83. The zero-order chi connectivity index (χ0) is 18.2. The Bertz CT molecular complexity index is 606. The van der Waals surface area contributed by atoms with Crippen LogP contribution in [0.1, 0.15) is 19.3 Å².